The number of hydrogen-bond donors (Lipinski definition) is 2. The van der Waals surface area contributed by atoms with E-state index in [1.165, 1.54) is 12.1 Å². The van der Waals surface area contributed by atoms with Crippen LogP contribution in [0.15, 0.2) is 36.4 Å². The quantitative estimate of drug-likeness (QED) is 0.716. The van der Waals surface area contributed by atoms with Crippen molar-refractivity contribution in [2.45, 2.75) is 13.0 Å². The molecule has 2 N–H and O–H groups in total. The molecule has 0 aliphatic rings. The molecule has 2 aromatic rings. The van der Waals surface area contributed by atoms with Crippen molar-refractivity contribution in [1.29, 1.82) is 0 Å². The molecule has 0 spiro atoms. The molecule has 7 heteroatoms. The Morgan fingerprint density at radius 2 is 1.83 bits per heavy atom. The van der Waals surface area contributed by atoms with Crippen molar-refractivity contribution in [2.75, 3.05) is 11.9 Å². The summed E-state index contributed by atoms with van der Waals surface area (Å²) in [4.78, 5) is 11.9. The van der Waals surface area contributed by atoms with Crippen LogP contribution in [-0.2, 0) is 4.79 Å². The van der Waals surface area contributed by atoms with Gasteiger partial charge in [0, 0.05) is 11.1 Å². The Morgan fingerprint density at radius 3 is 2.52 bits per heavy atom. The minimum absolute atomic E-state index is 0.0208. The number of carbonyl (C=O) groups is 1. The number of carbonyl (C=O) groups excluding carboxylic acids is 1. The number of benzene rings is 2. The molecule has 2 aromatic carbocycles. The third-order valence-electron chi connectivity index (χ3n) is 3.22. The molecule has 1 amide bonds. The summed E-state index contributed by atoms with van der Waals surface area (Å²) in [5, 5.41) is 6.42. The highest BCUT2D eigenvalue weighted by Crippen LogP contribution is 2.28. The number of nitrogens with one attached hydrogen (secondary N) is 2. The Balaban J connectivity index is 1.96. The summed E-state index contributed by atoms with van der Waals surface area (Å²) < 4.78 is 13.5. The molecule has 0 saturated carbocycles. The Labute approximate surface area is 148 Å². The molecule has 1 atom stereocenters. The van der Waals surface area contributed by atoms with Crippen molar-refractivity contribution in [3.05, 3.63) is 62.8 Å². The van der Waals surface area contributed by atoms with Crippen LogP contribution >= 0.6 is 34.8 Å². The lowest BCUT2D eigenvalue weighted by atomic mass is 10.1. The number of hydrogen-bond acceptors (Lipinski definition) is 2. The van der Waals surface area contributed by atoms with Gasteiger partial charge >= 0.3 is 0 Å². The normalized spacial score (nSPS) is 12.0. The van der Waals surface area contributed by atoms with Crippen LogP contribution < -0.4 is 10.6 Å². The standard InChI is InChI=1S/C16H14Cl3FN2O/c1-9(10-6-14(20)13(19)7-12(10)18)21-8-16(23)22-15-5-3-2-4-11(15)17/h2-7,9,21H,8H2,1H3,(H,22,23)/t9-/m0/s1. The van der Waals surface area contributed by atoms with Gasteiger partial charge < -0.3 is 10.6 Å². The van der Waals surface area contributed by atoms with Gasteiger partial charge in [0.2, 0.25) is 5.91 Å². The van der Waals surface area contributed by atoms with Crippen LogP contribution in [0.3, 0.4) is 0 Å². The third kappa shape index (κ3) is 4.82. The van der Waals surface area contributed by atoms with Gasteiger partial charge in [-0.3, -0.25) is 4.79 Å². The second-order valence-electron chi connectivity index (χ2n) is 4.92. The number of para-hydroxylation sites is 1. The lowest BCUT2D eigenvalue weighted by Crippen LogP contribution is -2.30. The van der Waals surface area contributed by atoms with Crippen LogP contribution in [0.25, 0.3) is 0 Å². The van der Waals surface area contributed by atoms with Gasteiger partial charge in [0.15, 0.2) is 0 Å². The van der Waals surface area contributed by atoms with E-state index in [1.807, 2.05) is 0 Å². The van der Waals surface area contributed by atoms with E-state index in [0.717, 1.165) is 0 Å². The first-order valence-corrected chi connectivity index (χ1v) is 7.94. The molecule has 23 heavy (non-hydrogen) atoms. The van der Waals surface area contributed by atoms with E-state index >= 15 is 0 Å². The molecular formula is C16H14Cl3FN2O. The second-order valence-corrected chi connectivity index (χ2v) is 6.14. The van der Waals surface area contributed by atoms with Gasteiger partial charge in [-0.25, -0.2) is 4.39 Å². The summed E-state index contributed by atoms with van der Waals surface area (Å²) in [6.07, 6.45) is 0. The Kier molecular flexibility index (Phi) is 6.25. The maximum absolute atomic E-state index is 13.5. The number of amides is 1. The summed E-state index contributed by atoms with van der Waals surface area (Å²) in [5.74, 6) is -0.823. The maximum atomic E-state index is 13.5. The van der Waals surface area contributed by atoms with Gasteiger partial charge in [0.05, 0.1) is 22.3 Å². The van der Waals surface area contributed by atoms with E-state index < -0.39 is 5.82 Å². The van der Waals surface area contributed by atoms with Crippen molar-refractivity contribution >= 4 is 46.4 Å². The Morgan fingerprint density at radius 1 is 1.13 bits per heavy atom. The molecule has 0 unspecified atom stereocenters. The van der Waals surface area contributed by atoms with Gasteiger partial charge in [-0.15, -0.1) is 0 Å². The highest BCUT2D eigenvalue weighted by atomic mass is 35.5. The first-order chi connectivity index (χ1) is 10.9. The Bertz CT molecular complexity index is 724. The Hall–Kier alpha value is -1.33. The summed E-state index contributed by atoms with van der Waals surface area (Å²) >= 11 is 17.7. The second kappa shape index (κ2) is 7.97. The monoisotopic (exact) mass is 374 g/mol. The SMILES string of the molecule is C[C@H](NCC(=O)Nc1ccccc1Cl)c1cc(F)c(Cl)cc1Cl. The smallest absolute Gasteiger partial charge is 0.238 e. The van der Waals surface area contributed by atoms with E-state index in [1.54, 1.807) is 31.2 Å². The van der Waals surface area contributed by atoms with E-state index in [-0.39, 0.29) is 23.5 Å². The summed E-state index contributed by atoms with van der Waals surface area (Å²) in [7, 11) is 0. The van der Waals surface area contributed by atoms with Crippen LogP contribution in [0.2, 0.25) is 15.1 Å². The predicted molar refractivity (Wildman–Crippen MR) is 92.9 cm³/mol. The molecule has 0 radical (unpaired) electrons. The van der Waals surface area contributed by atoms with Gasteiger partial charge in [-0.1, -0.05) is 46.9 Å². The van der Waals surface area contributed by atoms with Crippen LogP contribution in [0.4, 0.5) is 10.1 Å². The summed E-state index contributed by atoms with van der Waals surface area (Å²) in [6.45, 7) is 1.80. The molecule has 0 fully saturated rings. The van der Waals surface area contributed by atoms with E-state index in [0.29, 0.717) is 21.3 Å². The fourth-order valence-corrected chi connectivity index (χ4v) is 2.71. The topological polar surface area (TPSA) is 41.1 Å². The van der Waals surface area contributed by atoms with Crippen molar-refractivity contribution in [3.8, 4) is 0 Å². The zero-order valence-electron chi connectivity index (χ0n) is 12.2. The molecule has 2 rings (SSSR count). The lowest BCUT2D eigenvalue weighted by Gasteiger charge is -2.16. The van der Waals surface area contributed by atoms with Gasteiger partial charge in [0.25, 0.3) is 0 Å². The molecule has 0 aliphatic heterocycles. The van der Waals surface area contributed by atoms with Crippen LogP contribution in [0.5, 0.6) is 0 Å². The van der Waals surface area contributed by atoms with E-state index in [4.69, 9.17) is 34.8 Å². The van der Waals surface area contributed by atoms with Gasteiger partial charge in [-0.05, 0) is 36.8 Å². The van der Waals surface area contributed by atoms with E-state index in [9.17, 15) is 9.18 Å². The molecule has 0 saturated heterocycles. The predicted octanol–water partition coefficient (Wildman–Crippen LogP) is 5.08. The fourth-order valence-electron chi connectivity index (χ4n) is 1.98. The van der Waals surface area contributed by atoms with Crippen molar-refractivity contribution in [3.63, 3.8) is 0 Å². The van der Waals surface area contributed by atoms with Crippen LogP contribution in [0, 0.1) is 5.82 Å². The molecule has 3 nitrogen and oxygen atoms in total. The first kappa shape index (κ1) is 18.0. The number of anilines is 1. The number of rotatable bonds is 5. The van der Waals surface area contributed by atoms with Crippen LogP contribution in [0.1, 0.15) is 18.5 Å². The average Bonchev–Trinajstić information content (AvgIpc) is 2.51. The van der Waals surface area contributed by atoms with Crippen molar-refractivity contribution in [1.82, 2.24) is 5.32 Å². The summed E-state index contributed by atoms with van der Waals surface area (Å²) in [5.41, 5.74) is 1.06. The van der Waals surface area contributed by atoms with Gasteiger partial charge in [0.1, 0.15) is 5.82 Å². The molecule has 0 aliphatic carbocycles. The molecule has 0 bridgehead atoms. The molecular weight excluding hydrogens is 362 g/mol. The van der Waals surface area contributed by atoms with E-state index in [2.05, 4.69) is 10.6 Å². The minimum Gasteiger partial charge on any atom is -0.324 e. The molecule has 0 aromatic heterocycles. The molecule has 0 heterocycles. The third-order valence-corrected chi connectivity index (χ3v) is 4.17. The first-order valence-electron chi connectivity index (χ1n) is 6.80. The fraction of sp³-hybridized carbons (Fsp3) is 0.188. The minimum atomic E-state index is -0.555. The van der Waals surface area contributed by atoms with Crippen LogP contribution in [-0.4, -0.2) is 12.5 Å². The number of halogens is 4. The van der Waals surface area contributed by atoms with Gasteiger partial charge in [-0.2, -0.15) is 0 Å². The molecule has 122 valence electrons. The maximum Gasteiger partial charge on any atom is 0.238 e. The zero-order chi connectivity index (χ0) is 17.0. The summed E-state index contributed by atoms with van der Waals surface area (Å²) in [6, 6.07) is 9.21. The highest BCUT2D eigenvalue weighted by molar-refractivity contribution is 6.35. The van der Waals surface area contributed by atoms with Crippen molar-refractivity contribution in [2.24, 2.45) is 0 Å². The van der Waals surface area contributed by atoms with Crippen molar-refractivity contribution < 1.29 is 9.18 Å². The zero-order valence-corrected chi connectivity index (χ0v) is 14.4. The average molecular weight is 376 g/mol. The lowest BCUT2D eigenvalue weighted by molar-refractivity contribution is -0.115. The largest absolute Gasteiger partial charge is 0.324 e. The highest BCUT2D eigenvalue weighted by Gasteiger charge is 2.14.